The van der Waals surface area contributed by atoms with Gasteiger partial charge in [-0.1, -0.05) is 18.2 Å². The van der Waals surface area contributed by atoms with E-state index >= 15 is 0 Å². The number of anilines is 1. The molecule has 1 saturated heterocycles. The van der Waals surface area contributed by atoms with Gasteiger partial charge in [-0.15, -0.1) is 0 Å². The lowest BCUT2D eigenvalue weighted by molar-refractivity contribution is -0.133. The van der Waals surface area contributed by atoms with Gasteiger partial charge in [0.05, 0.1) is 6.20 Å². The maximum absolute atomic E-state index is 12.5. The molecule has 0 radical (unpaired) electrons. The Balaban J connectivity index is 1.51. The van der Waals surface area contributed by atoms with Crippen LogP contribution in [0.25, 0.3) is 0 Å². The molecule has 1 aliphatic rings. The highest BCUT2D eigenvalue weighted by atomic mass is 16.2. The van der Waals surface area contributed by atoms with Crippen molar-refractivity contribution in [2.45, 2.75) is 39.2 Å². The van der Waals surface area contributed by atoms with Gasteiger partial charge in [0.2, 0.25) is 5.91 Å². The summed E-state index contributed by atoms with van der Waals surface area (Å²) in [5.41, 5.74) is 3.75. The second-order valence-corrected chi connectivity index (χ2v) is 6.63. The molecule has 2 aromatic rings. The van der Waals surface area contributed by atoms with Crippen LogP contribution in [0.1, 0.15) is 30.9 Å². The minimum absolute atomic E-state index is 0.250. The van der Waals surface area contributed by atoms with Gasteiger partial charge in [0.25, 0.3) is 0 Å². The zero-order valence-electron chi connectivity index (χ0n) is 14.5. The molecule has 24 heavy (non-hydrogen) atoms. The van der Waals surface area contributed by atoms with Crippen LogP contribution in [0.2, 0.25) is 0 Å². The van der Waals surface area contributed by atoms with E-state index in [-0.39, 0.29) is 11.9 Å². The average Bonchev–Trinajstić information content (AvgIpc) is 3.08. The maximum Gasteiger partial charge on any atom is 0.222 e. The molecule has 1 fully saturated rings. The SMILES string of the molecule is Cc1ccccc1N1CCN(C(=O)CCCc2cn[nH]c2)C(C)C1. The Kier molecular flexibility index (Phi) is 5.18. The first-order chi connectivity index (χ1) is 11.6. The standard InChI is InChI=1S/C19H26N4O/c1-15-6-3-4-8-18(15)22-10-11-23(16(2)14-22)19(24)9-5-7-17-12-20-21-13-17/h3-4,6,8,12-13,16H,5,7,9-11,14H2,1-2H3,(H,20,21). The van der Waals surface area contributed by atoms with Crippen molar-refractivity contribution < 1.29 is 4.79 Å². The number of para-hydroxylation sites is 1. The molecule has 0 saturated carbocycles. The number of carbonyl (C=O) groups excluding carboxylic acids is 1. The van der Waals surface area contributed by atoms with Gasteiger partial charge in [0.15, 0.2) is 0 Å². The van der Waals surface area contributed by atoms with E-state index in [1.807, 2.05) is 17.3 Å². The van der Waals surface area contributed by atoms with E-state index in [2.05, 4.69) is 53.2 Å². The minimum atomic E-state index is 0.250. The lowest BCUT2D eigenvalue weighted by Gasteiger charge is -2.41. The van der Waals surface area contributed by atoms with E-state index in [0.717, 1.165) is 32.5 Å². The largest absolute Gasteiger partial charge is 0.367 e. The summed E-state index contributed by atoms with van der Waals surface area (Å²) < 4.78 is 0. The molecule has 5 nitrogen and oxygen atoms in total. The Hall–Kier alpha value is -2.30. The van der Waals surface area contributed by atoms with Crippen molar-refractivity contribution >= 4 is 11.6 Å². The maximum atomic E-state index is 12.5. The van der Waals surface area contributed by atoms with Crippen LogP contribution in [0.4, 0.5) is 5.69 Å². The first kappa shape index (κ1) is 16.6. The normalized spacial score (nSPS) is 18.0. The van der Waals surface area contributed by atoms with Crippen molar-refractivity contribution in [3.8, 4) is 0 Å². The summed E-state index contributed by atoms with van der Waals surface area (Å²) in [6, 6.07) is 8.72. The number of benzene rings is 1. The molecule has 3 rings (SSSR count). The Morgan fingerprint density at radius 1 is 1.33 bits per heavy atom. The van der Waals surface area contributed by atoms with Crippen LogP contribution in [-0.4, -0.2) is 46.7 Å². The average molecular weight is 326 g/mol. The second-order valence-electron chi connectivity index (χ2n) is 6.63. The highest BCUT2D eigenvalue weighted by Gasteiger charge is 2.27. The summed E-state index contributed by atoms with van der Waals surface area (Å²) in [5, 5.41) is 6.75. The number of piperazine rings is 1. The van der Waals surface area contributed by atoms with Gasteiger partial charge in [0, 0.05) is 44.0 Å². The van der Waals surface area contributed by atoms with Gasteiger partial charge < -0.3 is 9.80 Å². The Morgan fingerprint density at radius 2 is 2.17 bits per heavy atom. The van der Waals surface area contributed by atoms with E-state index in [1.165, 1.54) is 16.8 Å². The molecule has 1 aliphatic heterocycles. The molecule has 1 aromatic carbocycles. The number of hydrogen-bond donors (Lipinski definition) is 1. The fourth-order valence-electron chi connectivity index (χ4n) is 3.47. The molecule has 128 valence electrons. The third-order valence-corrected chi connectivity index (χ3v) is 4.81. The van der Waals surface area contributed by atoms with Gasteiger partial charge in [0.1, 0.15) is 0 Å². The van der Waals surface area contributed by atoms with Crippen molar-refractivity contribution in [1.82, 2.24) is 15.1 Å². The fraction of sp³-hybridized carbons (Fsp3) is 0.474. The molecular formula is C19H26N4O. The monoisotopic (exact) mass is 326 g/mol. The van der Waals surface area contributed by atoms with Crippen LogP contribution in [-0.2, 0) is 11.2 Å². The lowest BCUT2D eigenvalue weighted by atomic mass is 10.1. The highest BCUT2D eigenvalue weighted by molar-refractivity contribution is 5.77. The van der Waals surface area contributed by atoms with Crippen LogP contribution in [0.5, 0.6) is 0 Å². The summed E-state index contributed by atoms with van der Waals surface area (Å²) >= 11 is 0. The van der Waals surface area contributed by atoms with Crippen molar-refractivity contribution in [1.29, 1.82) is 0 Å². The summed E-state index contributed by atoms with van der Waals surface area (Å²) in [6.45, 7) is 6.91. The van der Waals surface area contributed by atoms with Crippen molar-refractivity contribution in [2.24, 2.45) is 0 Å². The fourth-order valence-corrected chi connectivity index (χ4v) is 3.47. The molecule has 0 spiro atoms. The molecule has 1 atom stereocenters. The zero-order chi connectivity index (χ0) is 16.9. The third kappa shape index (κ3) is 3.78. The highest BCUT2D eigenvalue weighted by Crippen LogP contribution is 2.23. The third-order valence-electron chi connectivity index (χ3n) is 4.81. The molecule has 2 heterocycles. The molecule has 1 aromatic heterocycles. The van der Waals surface area contributed by atoms with Crippen LogP contribution in [0, 0.1) is 6.92 Å². The first-order valence-corrected chi connectivity index (χ1v) is 8.73. The van der Waals surface area contributed by atoms with E-state index < -0.39 is 0 Å². The topological polar surface area (TPSA) is 52.2 Å². The summed E-state index contributed by atoms with van der Waals surface area (Å²) in [7, 11) is 0. The number of nitrogens with zero attached hydrogens (tertiary/aromatic N) is 3. The van der Waals surface area contributed by atoms with Gasteiger partial charge >= 0.3 is 0 Å². The zero-order valence-corrected chi connectivity index (χ0v) is 14.5. The number of aryl methyl sites for hydroxylation is 2. The Bertz CT molecular complexity index is 668. The summed E-state index contributed by atoms with van der Waals surface area (Å²) in [4.78, 5) is 17.0. The Labute approximate surface area is 143 Å². The van der Waals surface area contributed by atoms with Gasteiger partial charge in [-0.25, -0.2) is 0 Å². The number of nitrogens with one attached hydrogen (secondary N) is 1. The number of aromatic amines is 1. The number of rotatable bonds is 5. The minimum Gasteiger partial charge on any atom is -0.367 e. The quantitative estimate of drug-likeness (QED) is 0.919. The van der Waals surface area contributed by atoms with Crippen LogP contribution < -0.4 is 4.90 Å². The summed E-state index contributed by atoms with van der Waals surface area (Å²) in [5.74, 6) is 0.274. The molecule has 1 unspecified atom stereocenters. The van der Waals surface area contributed by atoms with Gasteiger partial charge in [-0.05, 0) is 43.9 Å². The van der Waals surface area contributed by atoms with Gasteiger partial charge in [-0.2, -0.15) is 5.10 Å². The number of H-pyrrole nitrogens is 1. The second kappa shape index (κ2) is 7.51. The molecular weight excluding hydrogens is 300 g/mol. The molecule has 1 amide bonds. The van der Waals surface area contributed by atoms with Crippen LogP contribution >= 0.6 is 0 Å². The number of aromatic nitrogens is 2. The van der Waals surface area contributed by atoms with Crippen molar-refractivity contribution in [3.63, 3.8) is 0 Å². The number of hydrogen-bond acceptors (Lipinski definition) is 3. The smallest absolute Gasteiger partial charge is 0.222 e. The van der Waals surface area contributed by atoms with Crippen molar-refractivity contribution in [3.05, 3.63) is 47.8 Å². The molecule has 0 bridgehead atoms. The van der Waals surface area contributed by atoms with Crippen molar-refractivity contribution in [2.75, 3.05) is 24.5 Å². The molecule has 1 N–H and O–H groups in total. The lowest BCUT2D eigenvalue weighted by Crippen LogP contribution is -2.54. The summed E-state index contributed by atoms with van der Waals surface area (Å²) in [6.07, 6.45) is 6.12. The molecule has 5 heteroatoms. The first-order valence-electron chi connectivity index (χ1n) is 8.73. The van der Waals surface area contributed by atoms with E-state index in [4.69, 9.17) is 0 Å². The van der Waals surface area contributed by atoms with Gasteiger partial charge in [-0.3, -0.25) is 9.89 Å². The predicted molar refractivity (Wildman–Crippen MR) is 96.1 cm³/mol. The molecule has 0 aliphatic carbocycles. The predicted octanol–water partition coefficient (Wildman–Crippen LogP) is 2.78. The van der Waals surface area contributed by atoms with E-state index in [9.17, 15) is 4.79 Å². The number of amides is 1. The van der Waals surface area contributed by atoms with E-state index in [1.54, 1.807) is 0 Å². The van der Waals surface area contributed by atoms with Crippen LogP contribution in [0.15, 0.2) is 36.7 Å². The Morgan fingerprint density at radius 3 is 2.88 bits per heavy atom. The van der Waals surface area contributed by atoms with E-state index in [0.29, 0.717) is 6.42 Å². The van der Waals surface area contributed by atoms with Crippen LogP contribution in [0.3, 0.4) is 0 Å². The number of carbonyl (C=O) groups is 1.